The van der Waals surface area contributed by atoms with E-state index in [1.54, 1.807) is 6.20 Å². The third-order valence-electron chi connectivity index (χ3n) is 3.86. The first-order chi connectivity index (χ1) is 10.1. The minimum Gasteiger partial charge on any atom is -0.362 e. The van der Waals surface area contributed by atoms with Crippen LogP contribution >= 0.6 is 0 Å². The number of aromatic nitrogens is 4. The molecule has 7 heteroatoms. The Morgan fingerprint density at radius 2 is 2.24 bits per heavy atom. The third-order valence-corrected chi connectivity index (χ3v) is 3.86. The molecule has 1 fully saturated rings. The van der Waals surface area contributed by atoms with Gasteiger partial charge in [-0.3, -0.25) is 4.79 Å². The van der Waals surface area contributed by atoms with Crippen molar-refractivity contribution in [3.05, 3.63) is 23.9 Å². The fourth-order valence-corrected chi connectivity index (χ4v) is 2.69. The molecule has 0 atom stereocenters. The molecular formula is C14H16N6O. The molecule has 0 aromatic carbocycles. The lowest BCUT2D eigenvalue weighted by Crippen LogP contribution is -2.28. The van der Waals surface area contributed by atoms with Crippen molar-refractivity contribution in [3.8, 4) is 5.69 Å². The highest BCUT2D eigenvalue weighted by Crippen LogP contribution is 2.36. The van der Waals surface area contributed by atoms with Gasteiger partial charge in [-0.15, -0.1) is 0 Å². The van der Waals surface area contributed by atoms with Gasteiger partial charge in [-0.05, 0) is 25.8 Å². The Balaban J connectivity index is 1.80. The molecular weight excluding hydrogens is 268 g/mol. The Bertz CT molecular complexity index is 733. The van der Waals surface area contributed by atoms with Gasteiger partial charge in [0.05, 0.1) is 12.2 Å². The molecule has 0 radical (unpaired) electrons. The highest BCUT2D eigenvalue weighted by atomic mass is 16.2. The normalized spacial score (nSPS) is 16.4. The maximum Gasteiger partial charge on any atom is 0.228 e. The maximum absolute atomic E-state index is 12.0. The summed E-state index contributed by atoms with van der Waals surface area (Å²) >= 11 is 0. The van der Waals surface area contributed by atoms with Crippen molar-refractivity contribution < 1.29 is 4.79 Å². The molecule has 1 amide bonds. The number of anilines is 2. The fourth-order valence-electron chi connectivity index (χ4n) is 2.69. The van der Waals surface area contributed by atoms with Gasteiger partial charge in [0, 0.05) is 19.2 Å². The van der Waals surface area contributed by atoms with Crippen LogP contribution in [-0.4, -0.2) is 32.7 Å². The van der Waals surface area contributed by atoms with Crippen LogP contribution in [0.2, 0.25) is 0 Å². The van der Waals surface area contributed by atoms with Crippen molar-refractivity contribution in [1.82, 2.24) is 19.7 Å². The molecule has 1 saturated carbocycles. The number of amides is 1. The summed E-state index contributed by atoms with van der Waals surface area (Å²) in [5, 5.41) is 7.38. The fraction of sp³-hybridized carbons (Fsp3) is 0.429. The van der Waals surface area contributed by atoms with Crippen molar-refractivity contribution >= 4 is 17.4 Å². The Hall–Kier alpha value is -2.44. The number of hydrogen-bond donors (Lipinski definition) is 1. The van der Waals surface area contributed by atoms with E-state index in [9.17, 15) is 4.79 Å². The van der Waals surface area contributed by atoms with E-state index in [0.717, 1.165) is 35.9 Å². The second-order valence-electron chi connectivity index (χ2n) is 5.63. The summed E-state index contributed by atoms with van der Waals surface area (Å²) in [6.45, 7) is 2.52. The summed E-state index contributed by atoms with van der Waals surface area (Å²) in [6, 6.07) is 1.90. The van der Waals surface area contributed by atoms with E-state index < -0.39 is 0 Å². The molecule has 7 nitrogen and oxygen atoms in total. The van der Waals surface area contributed by atoms with Crippen LogP contribution in [0, 0.1) is 12.8 Å². The van der Waals surface area contributed by atoms with Gasteiger partial charge in [-0.1, -0.05) is 0 Å². The molecule has 2 aliphatic rings. The molecule has 2 aromatic rings. The van der Waals surface area contributed by atoms with Crippen LogP contribution in [0.15, 0.2) is 12.3 Å². The first-order valence-electron chi connectivity index (χ1n) is 7.07. The molecule has 1 aliphatic carbocycles. The standard InChI is InChI=1S/C14H16N6O/c1-8-16-11-7-19(2)12-10(20(11)18-8)5-6-15-13(12)17-14(21)9-3-4-9/h5-6,9H,3-4,7H2,1-2H3,(H,15,17,21). The predicted octanol–water partition coefficient (Wildman–Crippen LogP) is 1.27. The van der Waals surface area contributed by atoms with Crippen molar-refractivity contribution in [1.29, 1.82) is 0 Å². The minimum atomic E-state index is 0.0601. The highest BCUT2D eigenvalue weighted by Gasteiger charge is 2.32. The van der Waals surface area contributed by atoms with Crippen LogP contribution in [0.5, 0.6) is 0 Å². The lowest BCUT2D eigenvalue weighted by Gasteiger charge is -2.28. The minimum absolute atomic E-state index is 0.0601. The zero-order valence-electron chi connectivity index (χ0n) is 12.0. The predicted molar refractivity (Wildman–Crippen MR) is 77.4 cm³/mol. The van der Waals surface area contributed by atoms with E-state index in [1.807, 2.05) is 29.6 Å². The van der Waals surface area contributed by atoms with Crippen LogP contribution in [-0.2, 0) is 11.3 Å². The molecule has 4 rings (SSSR count). The molecule has 3 heterocycles. The summed E-state index contributed by atoms with van der Waals surface area (Å²) in [4.78, 5) is 22.8. The second kappa shape index (κ2) is 4.28. The topological polar surface area (TPSA) is 75.9 Å². The van der Waals surface area contributed by atoms with Gasteiger partial charge in [0.2, 0.25) is 5.91 Å². The zero-order chi connectivity index (χ0) is 14.6. The van der Waals surface area contributed by atoms with Crippen LogP contribution in [0.3, 0.4) is 0 Å². The number of pyridine rings is 1. The van der Waals surface area contributed by atoms with Gasteiger partial charge in [0.25, 0.3) is 0 Å². The van der Waals surface area contributed by atoms with Crippen LogP contribution in [0.25, 0.3) is 5.69 Å². The molecule has 21 heavy (non-hydrogen) atoms. The average Bonchev–Trinajstić information content (AvgIpc) is 3.22. The van der Waals surface area contributed by atoms with Crippen molar-refractivity contribution in [3.63, 3.8) is 0 Å². The first kappa shape index (κ1) is 12.3. The molecule has 0 bridgehead atoms. The molecule has 108 valence electrons. The van der Waals surface area contributed by atoms with Crippen molar-refractivity contribution in [2.24, 2.45) is 5.92 Å². The lowest BCUT2D eigenvalue weighted by molar-refractivity contribution is -0.117. The third kappa shape index (κ3) is 1.96. The summed E-state index contributed by atoms with van der Waals surface area (Å²) in [5.41, 5.74) is 1.80. The van der Waals surface area contributed by atoms with E-state index in [0.29, 0.717) is 12.4 Å². The number of carbonyl (C=O) groups is 1. The zero-order valence-corrected chi connectivity index (χ0v) is 12.0. The molecule has 1 N–H and O–H groups in total. The van der Waals surface area contributed by atoms with E-state index in [-0.39, 0.29) is 11.8 Å². The Morgan fingerprint density at radius 3 is 3.00 bits per heavy atom. The number of nitrogens with one attached hydrogen (secondary N) is 1. The Morgan fingerprint density at radius 1 is 1.43 bits per heavy atom. The highest BCUT2D eigenvalue weighted by molar-refractivity contribution is 5.97. The summed E-state index contributed by atoms with van der Waals surface area (Å²) in [7, 11) is 1.97. The van der Waals surface area contributed by atoms with Crippen LogP contribution in [0.1, 0.15) is 24.5 Å². The quantitative estimate of drug-likeness (QED) is 0.898. The first-order valence-corrected chi connectivity index (χ1v) is 7.07. The van der Waals surface area contributed by atoms with E-state index >= 15 is 0 Å². The number of aryl methyl sites for hydroxylation is 1. The molecule has 1 aliphatic heterocycles. The van der Waals surface area contributed by atoms with Crippen LogP contribution < -0.4 is 10.2 Å². The van der Waals surface area contributed by atoms with E-state index in [1.165, 1.54) is 0 Å². The largest absolute Gasteiger partial charge is 0.362 e. The van der Waals surface area contributed by atoms with Crippen LogP contribution in [0.4, 0.5) is 11.5 Å². The maximum atomic E-state index is 12.0. The molecule has 0 spiro atoms. The summed E-state index contributed by atoms with van der Waals surface area (Å²) in [6.07, 6.45) is 3.65. The Labute approximate surface area is 122 Å². The van der Waals surface area contributed by atoms with Gasteiger partial charge < -0.3 is 10.2 Å². The average molecular weight is 284 g/mol. The number of carbonyl (C=O) groups excluding carboxylic acids is 1. The van der Waals surface area contributed by atoms with Gasteiger partial charge in [0.15, 0.2) is 11.6 Å². The van der Waals surface area contributed by atoms with Crippen molar-refractivity contribution in [2.45, 2.75) is 26.3 Å². The summed E-state index contributed by atoms with van der Waals surface area (Å²) < 4.78 is 1.83. The SMILES string of the molecule is Cc1nc2n(n1)-c1ccnc(NC(=O)C3CC3)c1N(C)C2. The number of nitrogens with zero attached hydrogens (tertiary/aromatic N) is 5. The van der Waals surface area contributed by atoms with Gasteiger partial charge >= 0.3 is 0 Å². The van der Waals surface area contributed by atoms with E-state index in [4.69, 9.17) is 0 Å². The monoisotopic (exact) mass is 284 g/mol. The number of fused-ring (bicyclic) bond motifs is 3. The molecule has 0 saturated heterocycles. The number of rotatable bonds is 2. The second-order valence-corrected chi connectivity index (χ2v) is 5.63. The number of hydrogen-bond acceptors (Lipinski definition) is 5. The van der Waals surface area contributed by atoms with E-state index in [2.05, 4.69) is 20.4 Å². The van der Waals surface area contributed by atoms with Gasteiger partial charge in [-0.2, -0.15) is 5.10 Å². The van der Waals surface area contributed by atoms with Gasteiger partial charge in [-0.25, -0.2) is 14.6 Å². The van der Waals surface area contributed by atoms with Crippen molar-refractivity contribution in [2.75, 3.05) is 17.3 Å². The molecule has 2 aromatic heterocycles. The smallest absolute Gasteiger partial charge is 0.228 e. The lowest BCUT2D eigenvalue weighted by atomic mass is 10.2. The molecule has 0 unspecified atom stereocenters. The van der Waals surface area contributed by atoms with Gasteiger partial charge in [0.1, 0.15) is 11.5 Å². The summed E-state index contributed by atoms with van der Waals surface area (Å²) in [5.74, 6) is 2.45. The Kier molecular flexibility index (Phi) is 2.51.